The van der Waals surface area contributed by atoms with Gasteiger partial charge in [0.15, 0.2) is 0 Å². The van der Waals surface area contributed by atoms with Gasteiger partial charge in [0.05, 0.1) is 0 Å². The molecule has 0 amide bonds. The average molecular weight is 139 g/mol. The number of rotatable bonds is 1. The molecule has 2 heteroatoms. The van der Waals surface area contributed by atoms with Crippen LogP contribution in [0.5, 0.6) is 11.5 Å². The largest absolute Gasteiger partial charge is 0.591 e. The Morgan fingerprint density at radius 2 is 2.20 bits per heavy atom. The summed E-state index contributed by atoms with van der Waals surface area (Å²) >= 11 is 0. The summed E-state index contributed by atoms with van der Waals surface area (Å²) in [7, 11) is 0. The molecule has 0 aromatic heterocycles. The molecule has 2 nitrogen and oxygen atoms in total. The molecule has 0 unspecified atom stereocenters. The van der Waals surface area contributed by atoms with E-state index in [2.05, 4.69) is 0 Å². The van der Waals surface area contributed by atoms with E-state index in [1.807, 2.05) is 13.0 Å². The van der Waals surface area contributed by atoms with Crippen LogP contribution in [0.4, 0.5) is 0 Å². The molecule has 3 N–H and O–H groups in total. The summed E-state index contributed by atoms with van der Waals surface area (Å²) in [6.45, 7) is 2.02. The minimum absolute atomic E-state index is 0.0530. The van der Waals surface area contributed by atoms with Gasteiger partial charge >= 0.3 is 0 Å². The predicted octanol–water partition coefficient (Wildman–Crippen LogP) is 1.39. The quantitative estimate of drug-likeness (QED) is 0.587. The van der Waals surface area contributed by atoms with Crippen molar-refractivity contribution in [3.05, 3.63) is 23.8 Å². The van der Waals surface area contributed by atoms with Crippen LogP contribution >= 0.6 is 0 Å². The van der Waals surface area contributed by atoms with E-state index in [0.717, 1.165) is 12.0 Å². The number of hydrogen-bond donors (Lipinski definition) is 1. The molecule has 0 radical (unpaired) electrons. The highest BCUT2D eigenvalue weighted by atomic mass is 16.3. The van der Waals surface area contributed by atoms with Gasteiger partial charge in [0.1, 0.15) is 0 Å². The molecule has 0 bridgehead atoms. The Labute approximate surface area is 59.7 Å². The molecule has 1 aromatic rings. The first-order chi connectivity index (χ1) is 4.74. The first-order valence-corrected chi connectivity index (χ1v) is 3.27. The zero-order chi connectivity index (χ0) is 7.56. The topological polar surface area (TPSA) is 43.1 Å². The van der Waals surface area contributed by atoms with Crippen molar-refractivity contribution >= 4 is 0 Å². The highest BCUT2D eigenvalue weighted by molar-refractivity contribution is 5.40. The van der Waals surface area contributed by atoms with Crippen molar-refractivity contribution in [2.45, 2.75) is 13.3 Å². The van der Waals surface area contributed by atoms with Crippen LogP contribution in [0.3, 0.4) is 0 Å². The summed E-state index contributed by atoms with van der Waals surface area (Å²) in [5.74, 6) is 0.261. The molecule has 1 aromatic carbocycles. The van der Waals surface area contributed by atoms with E-state index in [1.165, 1.54) is 0 Å². The number of hydrogen-bond acceptors (Lipinski definition) is 1. The van der Waals surface area contributed by atoms with Gasteiger partial charge in [0, 0.05) is 6.07 Å². The fourth-order valence-electron chi connectivity index (χ4n) is 0.803. The third-order valence-corrected chi connectivity index (χ3v) is 1.47. The first-order valence-electron chi connectivity index (χ1n) is 3.27. The van der Waals surface area contributed by atoms with Crippen molar-refractivity contribution in [2.75, 3.05) is 0 Å². The third kappa shape index (κ3) is 1.21. The van der Waals surface area contributed by atoms with Crippen LogP contribution in [0.25, 0.3) is 0 Å². The number of benzene rings is 1. The van der Waals surface area contributed by atoms with Crippen molar-refractivity contribution in [1.82, 2.24) is 0 Å². The number of aryl methyl sites for hydroxylation is 1. The fourth-order valence-corrected chi connectivity index (χ4v) is 0.803. The first kappa shape index (κ1) is 6.93. The Morgan fingerprint density at radius 3 is 2.70 bits per heavy atom. The summed E-state index contributed by atoms with van der Waals surface area (Å²) in [6, 6.07) is 5.06. The van der Waals surface area contributed by atoms with Crippen molar-refractivity contribution in [3.8, 4) is 11.5 Å². The van der Waals surface area contributed by atoms with Gasteiger partial charge in [0.2, 0.25) is 5.75 Å². The van der Waals surface area contributed by atoms with E-state index in [-0.39, 0.29) is 11.5 Å². The van der Waals surface area contributed by atoms with Crippen LogP contribution < -0.4 is 0 Å². The Morgan fingerprint density at radius 1 is 1.50 bits per heavy atom. The normalized spacial score (nSPS) is 9.70. The molecule has 0 fully saturated rings. The van der Waals surface area contributed by atoms with Gasteiger partial charge in [-0.25, -0.2) is 0 Å². The van der Waals surface area contributed by atoms with Crippen LogP contribution in [0.2, 0.25) is 0 Å². The van der Waals surface area contributed by atoms with Gasteiger partial charge in [-0.15, -0.1) is 0 Å². The highest BCUT2D eigenvalue weighted by Gasteiger charge is 2.01. The molecule has 0 aliphatic rings. The van der Waals surface area contributed by atoms with Crippen LogP contribution in [-0.4, -0.2) is 10.2 Å². The maximum absolute atomic E-state index is 8.95. The van der Waals surface area contributed by atoms with E-state index < -0.39 is 0 Å². The highest BCUT2D eigenvalue weighted by Crippen LogP contribution is 2.24. The molecule has 0 saturated heterocycles. The molecule has 0 spiro atoms. The molecular weight excluding hydrogens is 128 g/mol. The molecule has 0 saturated carbocycles. The fraction of sp³-hybridized carbons (Fsp3) is 0.250. The summed E-state index contributed by atoms with van der Waals surface area (Å²) < 4.78 is 0. The Bertz CT molecular complexity index is 231. The molecule has 0 atom stereocenters. The van der Waals surface area contributed by atoms with Crippen molar-refractivity contribution in [2.24, 2.45) is 0 Å². The van der Waals surface area contributed by atoms with Crippen molar-refractivity contribution in [3.63, 3.8) is 0 Å². The Hall–Kier alpha value is -1.18. The summed E-state index contributed by atoms with van der Waals surface area (Å²) in [5.41, 5.74) is 1.09. The van der Waals surface area contributed by atoms with E-state index in [9.17, 15) is 0 Å². The van der Waals surface area contributed by atoms with Gasteiger partial charge < -0.3 is 10.2 Å². The van der Waals surface area contributed by atoms with Crippen molar-refractivity contribution < 1.29 is 10.2 Å². The van der Waals surface area contributed by atoms with Crippen LogP contribution in [0, 0.1) is 0 Å². The van der Waals surface area contributed by atoms with Gasteiger partial charge in [-0.1, -0.05) is 13.0 Å². The Kier molecular flexibility index (Phi) is 1.81. The van der Waals surface area contributed by atoms with Crippen LogP contribution in [-0.2, 0) is 6.42 Å². The lowest BCUT2D eigenvalue weighted by molar-refractivity contribution is 0.403. The average Bonchev–Trinajstić information content (AvgIpc) is 1.95. The number of aromatic hydroxyl groups is 1. The van der Waals surface area contributed by atoms with E-state index in [4.69, 9.17) is 10.2 Å². The van der Waals surface area contributed by atoms with Gasteiger partial charge in [-0.05, 0) is 18.1 Å². The van der Waals surface area contributed by atoms with E-state index >= 15 is 0 Å². The molecule has 0 heterocycles. The monoisotopic (exact) mass is 139 g/mol. The minimum atomic E-state index is 0.0530. The summed E-state index contributed by atoms with van der Waals surface area (Å²) in [6.07, 6.45) is 0.909. The lowest BCUT2D eigenvalue weighted by Gasteiger charge is -1.95. The van der Waals surface area contributed by atoms with E-state index in [0.29, 0.717) is 0 Å². The minimum Gasteiger partial charge on any atom is -0.591 e. The van der Waals surface area contributed by atoms with Crippen LogP contribution in [0.15, 0.2) is 18.2 Å². The summed E-state index contributed by atoms with van der Waals surface area (Å²) in [4.78, 5) is 0. The second-order valence-electron chi connectivity index (χ2n) is 2.21. The lowest BCUT2D eigenvalue weighted by Crippen LogP contribution is -1.77. The molecule has 1 rings (SSSR count). The molecule has 54 valence electrons. The predicted molar refractivity (Wildman–Crippen MR) is 40.5 cm³/mol. The standard InChI is InChI=1S/C8H10O2/c1-2-6-3-4-7(9)8(10)5-6/h3-5,9-10H,2H2,1H3/p+1. The second kappa shape index (κ2) is 2.60. The van der Waals surface area contributed by atoms with E-state index in [1.54, 1.807) is 12.1 Å². The Balaban J connectivity index is 3.04. The number of phenolic OH excluding ortho intramolecular Hbond substituents is 1. The maximum atomic E-state index is 8.95. The molecule has 10 heavy (non-hydrogen) atoms. The second-order valence-corrected chi connectivity index (χ2v) is 2.21. The lowest BCUT2D eigenvalue weighted by atomic mass is 10.1. The van der Waals surface area contributed by atoms with Gasteiger partial charge in [-0.3, -0.25) is 0 Å². The van der Waals surface area contributed by atoms with Crippen LogP contribution in [0.1, 0.15) is 12.5 Å². The molecule has 0 aliphatic carbocycles. The molecular formula is C8H11O2+. The smallest absolute Gasteiger partial charge is 0.296 e. The zero-order valence-corrected chi connectivity index (χ0v) is 5.89. The maximum Gasteiger partial charge on any atom is 0.296 e. The molecule has 0 aliphatic heterocycles. The third-order valence-electron chi connectivity index (χ3n) is 1.47. The van der Waals surface area contributed by atoms with Gasteiger partial charge in [0.25, 0.3) is 5.75 Å². The SMILES string of the molecule is CCc1ccc(O)c([OH2+])c1. The summed E-state index contributed by atoms with van der Waals surface area (Å²) in [5, 5.41) is 16.2. The zero-order valence-electron chi connectivity index (χ0n) is 5.89. The number of phenols is 1. The van der Waals surface area contributed by atoms with Crippen molar-refractivity contribution in [1.29, 1.82) is 0 Å². The van der Waals surface area contributed by atoms with Gasteiger partial charge in [-0.2, -0.15) is 0 Å².